The highest BCUT2D eigenvalue weighted by molar-refractivity contribution is 6.07. The van der Waals surface area contributed by atoms with E-state index in [-0.39, 0.29) is 30.0 Å². The number of carbonyl (C=O) groups is 2. The smallest absolute Gasteiger partial charge is 0.258 e. The number of hydrogen-bond acceptors (Lipinski definition) is 2. The predicted molar refractivity (Wildman–Crippen MR) is 116 cm³/mol. The van der Waals surface area contributed by atoms with Gasteiger partial charge in [0.25, 0.3) is 5.91 Å². The normalized spacial score (nSPS) is 13.6. The van der Waals surface area contributed by atoms with Crippen LogP contribution in [0.4, 0.5) is 15.8 Å². The maximum atomic E-state index is 13.1. The van der Waals surface area contributed by atoms with Crippen molar-refractivity contribution in [3.8, 4) is 0 Å². The van der Waals surface area contributed by atoms with Crippen LogP contribution in [-0.4, -0.2) is 18.4 Å². The van der Waals surface area contributed by atoms with Gasteiger partial charge in [-0.05, 0) is 65.9 Å². The number of nitrogens with one attached hydrogen (secondary N) is 1. The molecule has 0 fully saturated rings. The van der Waals surface area contributed by atoms with Crippen LogP contribution in [0.15, 0.2) is 72.8 Å². The lowest BCUT2D eigenvalue weighted by atomic mass is 9.97. The summed E-state index contributed by atoms with van der Waals surface area (Å²) in [5, 5.41) is 2.87. The SMILES string of the molecule is CC(CC(=O)Nc1ccc(C(=O)N2CCc3ccccc32)cc1)c1ccc(F)cc1. The van der Waals surface area contributed by atoms with E-state index in [9.17, 15) is 14.0 Å². The second-order valence-electron chi connectivity index (χ2n) is 7.62. The molecule has 0 bridgehead atoms. The van der Waals surface area contributed by atoms with Crippen LogP contribution >= 0.6 is 0 Å². The van der Waals surface area contributed by atoms with Gasteiger partial charge in [0, 0.05) is 29.9 Å². The average molecular weight is 402 g/mol. The predicted octanol–water partition coefficient (Wildman–Crippen LogP) is 5.16. The van der Waals surface area contributed by atoms with Gasteiger partial charge in [-0.2, -0.15) is 0 Å². The molecule has 4 rings (SSSR count). The summed E-state index contributed by atoms with van der Waals surface area (Å²) in [5.74, 6) is -0.480. The van der Waals surface area contributed by atoms with E-state index in [1.165, 1.54) is 17.7 Å². The van der Waals surface area contributed by atoms with Crippen molar-refractivity contribution in [1.82, 2.24) is 0 Å². The molecule has 1 heterocycles. The highest BCUT2D eigenvalue weighted by Crippen LogP contribution is 2.29. The van der Waals surface area contributed by atoms with Gasteiger partial charge in [-0.3, -0.25) is 9.59 Å². The third kappa shape index (κ3) is 4.25. The Morgan fingerprint density at radius 3 is 2.43 bits per heavy atom. The Hall–Kier alpha value is -3.47. The molecule has 1 N–H and O–H groups in total. The molecular formula is C25H23FN2O2. The number of amides is 2. The summed E-state index contributed by atoms with van der Waals surface area (Å²) in [6, 6.07) is 21.1. The third-order valence-electron chi connectivity index (χ3n) is 5.48. The van der Waals surface area contributed by atoms with E-state index >= 15 is 0 Å². The maximum Gasteiger partial charge on any atom is 0.258 e. The summed E-state index contributed by atoms with van der Waals surface area (Å²) in [4.78, 5) is 27.0. The quantitative estimate of drug-likeness (QED) is 0.641. The van der Waals surface area contributed by atoms with Crippen LogP contribution in [0.25, 0.3) is 0 Å². The molecule has 3 aromatic rings. The molecule has 0 saturated heterocycles. The number of nitrogens with zero attached hydrogens (tertiary/aromatic N) is 1. The molecule has 1 aliphatic heterocycles. The first-order valence-electron chi connectivity index (χ1n) is 10.1. The molecule has 0 saturated carbocycles. The second-order valence-corrected chi connectivity index (χ2v) is 7.62. The van der Waals surface area contributed by atoms with Crippen molar-refractivity contribution in [2.45, 2.75) is 25.7 Å². The van der Waals surface area contributed by atoms with E-state index in [2.05, 4.69) is 5.32 Å². The lowest BCUT2D eigenvalue weighted by Gasteiger charge is -2.17. The van der Waals surface area contributed by atoms with E-state index in [0.29, 0.717) is 17.8 Å². The molecule has 30 heavy (non-hydrogen) atoms. The van der Waals surface area contributed by atoms with E-state index in [1.807, 2.05) is 31.2 Å². The van der Waals surface area contributed by atoms with Crippen LogP contribution in [0.5, 0.6) is 0 Å². The molecule has 152 valence electrons. The van der Waals surface area contributed by atoms with Crippen LogP contribution in [0, 0.1) is 5.82 Å². The van der Waals surface area contributed by atoms with E-state index in [0.717, 1.165) is 17.7 Å². The fourth-order valence-electron chi connectivity index (χ4n) is 3.80. The first kappa shape index (κ1) is 19.8. The molecule has 1 atom stereocenters. The molecule has 1 aliphatic rings. The number of para-hydroxylation sites is 1. The van der Waals surface area contributed by atoms with Crippen LogP contribution in [0.3, 0.4) is 0 Å². The van der Waals surface area contributed by atoms with Gasteiger partial charge < -0.3 is 10.2 Å². The molecule has 0 spiro atoms. The van der Waals surface area contributed by atoms with Crippen LogP contribution in [0.1, 0.15) is 40.7 Å². The number of benzene rings is 3. The summed E-state index contributed by atoms with van der Waals surface area (Å²) >= 11 is 0. The monoisotopic (exact) mass is 402 g/mol. The van der Waals surface area contributed by atoms with Gasteiger partial charge in [-0.15, -0.1) is 0 Å². The number of anilines is 2. The third-order valence-corrected chi connectivity index (χ3v) is 5.48. The zero-order valence-electron chi connectivity index (χ0n) is 16.8. The Kier molecular flexibility index (Phi) is 5.61. The molecule has 0 radical (unpaired) electrons. The Morgan fingerprint density at radius 1 is 1.00 bits per heavy atom. The standard InChI is InChI=1S/C25H23FN2O2/c1-17(18-6-10-21(26)11-7-18)16-24(29)27-22-12-8-20(9-13-22)25(30)28-15-14-19-4-2-3-5-23(19)28/h2-13,17H,14-16H2,1H3,(H,27,29). The van der Waals surface area contributed by atoms with E-state index < -0.39 is 0 Å². The van der Waals surface area contributed by atoms with Crippen molar-refractivity contribution >= 4 is 23.2 Å². The average Bonchev–Trinajstić information content (AvgIpc) is 3.18. The van der Waals surface area contributed by atoms with Gasteiger partial charge in [0.15, 0.2) is 0 Å². The first-order valence-corrected chi connectivity index (χ1v) is 10.1. The Bertz CT molecular complexity index is 1060. The minimum atomic E-state index is -0.289. The fraction of sp³-hybridized carbons (Fsp3) is 0.200. The van der Waals surface area contributed by atoms with Gasteiger partial charge in [0.05, 0.1) is 0 Å². The number of rotatable bonds is 5. The lowest BCUT2D eigenvalue weighted by Crippen LogP contribution is -2.28. The lowest BCUT2D eigenvalue weighted by molar-refractivity contribution is -0.116. The van der Waals surface area contributed by atoms with Crippen molar-refractivity contribution in [2.24, 2.45) is 0 Å². The molecule has 3 aromatic carbocycles. The van der Waals surface area contributed by atoms with Gasteiger partial charge in [-0.1, -0.05) is 37.3 Å². The summed E-state index contributed by atoms with van der Waals surface area (Å²) in [5.41, 5.74) is 4.30. The summed E-state index contributed by atoms with van der Waals surface area (Å²) in [7, 11) is 0. The summed E-state index contributed by atoms with van der Waals surface area (Å²) < 4.78 is 13.1. The molecule has 5 heteroatoms. The minimum Gasteiger partial charge on any atom is -0.326 e. The molecule has 4 nitrogen and oxygen atoms in total. The van der Waals surface area contributed by atoms with Crippen molar-refractivity contribution in [1.29, 1.82) is 0 Å². The van der Waals surface area contributed by atoms with Crippen molar-refractivity contribution in [2.75, 3.05) is 16.8 Å². The molecule has 0 aliphatic carbocycles. The van der Waals surface area contributed by atoms with E-state index in [4.69, 9.17) is 0 Å². The first-order chi connectivity index (χ1) is 14.5. The Morgan fingerprint density at radius 2 is 1.70 bits per heavy atom. The highest BCUT2D eigenvalue weighted by Gasteiger charge is 2.25. The van der Waals surface area contributed by atoms with Crippen LogP contribution in [-0.2, 0) is 11.2 Å². The van der Waals surface area contributed by atoms with Crippen molar-refractivity contribution in [3.05, 3.63) is 95.3 Å². The Balaban J connectivity index is 1.37. The number of halogens is 1. The fourth-order valence-corrected chi connectivity index (χ4v) is 3.80. The van der Waals surface area contributed by atoms with Crippen LogP contribution < -0.4 is 10.2 Å². The number of fused-ring (bicyclic) bond motifs is 1. The molecule has 2 amide bonds. The minimum absolute atomic E-state index is 0.0262. The van der Waals surface area contributed by atoms with Crippen molar-refractivity contribution in [3.63, 3.8) is 0 Å². The maximum absolute atomic E-state index is 13.1. The zero-order valence-corrected chi connectivity index (χ0v) is 16.8. The molecule has 1 unspecified atom stereocenters. The highest BCUT2D eigenvalue weighted by atomic mass is 19.1. The molecular weight excluding hydrogens is 379 g/mol. The largest absolute Gasteiger partial charge is 0.326 e. The second kappa shape index (κ2) is 8.49. The van der Waals surface area contributed by atoms with Gasteiger partial charge in [0.1, 0.15) is 5.82 Å². The van der Waals surface area contributed by atoms with Crippen molar-refractivity contribution < 1.29 is 14.0 Å². The topological polar surface area (TPSA) is 49.4 Å². The van der Waals surface area contributed by atoms with Gasteiger partial charge in [-0.25, -0.2) is 4.39 Å². The zero-order chi connectivity index (χ0) is 21.1. The summed E-state index contributed by atoms with van der Waals surface area (Å²) in [6.45, 7) is 2.61. The number of carbonyl (C=O) groups excluding carboxylic acids is 2. The van der Waals surface area contributed by atoms with Crippen LogP contribution in [0.2, 0.25) is 0 Å². The van der Waals surface area contributed by atoms with E-state index in [1.54, 1.807) is 41.3 Å². The number of hydrogen-bond donors (Lipinski definition) is 1. The van der Waals surface area contributed by atoms with Gasteiger partial charge >= 0.3 is 0 Å². The Labute approximate surface area is 175 Å². The van der Waals surface area contributed by atoms with Gasteiger partial charge in [0.2, 0.25) is 5.91 Å². The summed E-state index contributed by atoms with van der Waals surface area (Å²) in [6.07, 6.45) is 1.15. The molecule has 0 aromatic heterocycles.